The summed E-state index contributed by atoms with van der Waals surface area (Å²) in [4.78, 5) is 21.4. The zero-order valence-corrected chi connectivity index (χ0v) is 16.1. The Kier molecular flexibility index (Phi) is 6.73. The summed E-state index contributed by atoms with van der Waals surface area (Å²) in [5.41, 5.74) is -0.935. The van der Waals surface area contributed by atoms with Gasteiger partial charge in [0.05, 0.1) is 35.1 Å². The van der Waals surface area contributed by atoms with Crippen LogP contribution >= 0.6 is 0 Å². The molecular weight excluding hydrogens is 451 g/mol. The van der Waals surface area contributed by atoms with Crippen molar-refractivity contribution in [1.29, 1.82) is 0 Å². The molecule has 0 radical (unpaired) electrons. The van der Waals surface area contributed by atoms with Crippen molar-refractivity contribution in [2.45, 2.75) is 9.79 Å². The fourth-order valence-electron chi connectivity index (χ4n) is 2.28. The molecule has 0 unspecified atom stereocenters. The minimum absolute atomic E-state index is 0. The van der Waals surface area contributed by atoms with Crippen molar-refractivity contribution in [3.05, 3.63) is 35.4 Å². The molecule has 0 saturated heterocycles. The average molecular weight is 461 g/mol. The molecule has 0 atom stereocenters. The molecule has 13 heteroatoms. The summed E-state index contributed by atoms with van der Waals surface area (Å²) in [5.74, 6) is -2.13. The molecule has 27 heavy (non-hydrogen) atoms. The third-order valence-corrected chi connectivity index (χ3v) is 5.13. The van der Waals surface area contributed by atoms with Gasteiger partial charge >= 0.3 is 28.4 Å². The molecule has 0 heterocycles. The van der Waals surface area contributed by atoms with Gasteiger partial charge in [0, 0.05) is 10.8 Å². The van der Waals surface area contributed by atoms with Crippen LogP contribution in [-0.4, -0.2) is 52.1 Å². The Hall–Kier alpha value is -2.05. The first-order chi connectivity index (χ1) is 11.9. The fraction of sp³-hybridized carbons (Fsp3) is 0.143. The van der Waals surface area contributed by atoms with E-state index >= 15 is 0 Å². The number of benzene rings is 2. The van der Waals surface area contributed by atoms with Crippen LogP contribution in [0.2, 0.25) is 0 Å². The van der Waals surface area contributed by atoms with Crippen LogP contribution < -0.4 is 0 Å². The fourth-order valence-corrected chi connectivity index (χ4v) is 3.70. The molecule has 0 saturated carbocycles. The Bertz CT molecular complexity index is 1040. The Labute approximate surface area is 163 Å². The van der Waals surface area contributed by atoms with Crippen molar-refractivity contribution in [3.63, 3.8) is 0 Å². The minimum Gasteiger partial charge on any atom is -0.744 e. The molecule has 0 aromatic heterocycles. The van der Waals surface area contributed by atoms with Gasteiger partial charge in [-0.25, -0.2) is 26.4 Å². The normalized spacial score (nSPS) is 11.6. The Balaban J connectivity index is 0.00000364. The summed E-state index contributed by atoms with van der Waals surface area (Å²) in [7, 11) is -8.47. The van der Waals surface area contributed by atoms with Gasteiger partial charge in [-0.1, -0.05) is 0 Å². The van der Waals surface area contributed by atoms with E-state index in [2.05, 4.69) is 9.47 Å². The van der Waals surface area contributed by atoms with Crippen molar-refractivity contribution in [2.75, 3.05) is 14.2 Å². The van der Waals surface area contributed by atoms with E-state index in [1.807, 2.05) is 0 Å². The number of esters is 2. The molecule has 0 N–H and O–H groups in total. The van der Waals surface area contributed by atoms with Crippen molar-refractivity contribution < 1.29 is 61.5 Å². The zero-order valence-electron chi connectivity index (χ0n) is 13.5. The van der Waals surface area contributed by atoms with Crippen LogP contribution in [0.1, 0.15) is 20.7 Å². The molecule has 10 nitrogen and oxygen atoms in total. The van der Waals surface area contributed by atoms with Crippen molar-refractivity contribution >= 4 is 42.9 Å². The van der Waals surface area contributed by atoms with E-state index in [-0.39, 0.29) is 16.5 Å². The van der Waals surface area contributed by atoms with E-state index < -0.39 is 63.9 Å². The molecule has 2 aromatic rings. The number of carbonyl (C=O) groups is 2. The number of carbonyl (C=O) groups excluding carboxylic acids is 2. The van der Waals surface area contributed by atoms with Crippen molar-refractivity contribution in [2.24, 2.45) is 0 Å². The standard InChI is InChI=1S/C14H12O10S2.Ni/c1-23-13(15)7-3-9-10(11(5-7)25(17,18)19)4-8(14(16)24-2)6-12(9)26(20,21)22;/h3-6H,1-2H3,(H,17,18,19)(H,20,21,22);/q;+2/p-2. The smallest absolute Gasteiger partial charge is 0.744 e. The van der Waals surface area contributed by atoms with Gasteiger partial charge < -0.3 is 18.6 Å². The van der Waals surface area contributed by atoms with E-state index in [1.165, 1.54) is 0 Å². The molecule has 2 rings (SSSR count). The molecule has 2 aromatic carbocycles. The maximum Gasteiger partial charge on any atom is 2.00 e. The molecule has 0 aliphatic carbocycles. The van der Waals surface area contributed by atoms with E-state index in [9.17, 15) is 35.5 Å². The van der Waals surface area contributed by atoms with Crippen LogP contribution in [0.5, 0.6) is 0 Å². The Morgan fingerprint density at radius 1 is 0.741 bits per heavy atom. The van der Waals surface area contributed by atoms with Gasteiger partial charge in [-0.3, -0.25) is 0 Å². The maximum atomic E-state index is 11.7. The number of methoxy groups -OCH3 is 2. The number of hydrogen-bond acceptors (Lipinski definition) is 10. The maximum absolute atomic E-state index is 11.7. The van der Waals surface area contributed by atoms with Gasteiger partial charge in [0.15, 0.2) is 0 Å². The first-order valence-electron chi connectivity index (χ1n) is 6.60. The van der Waals surface area contributed by atoms with Crippen molar-refractivity contribution in [1.82, 2.24) is 0 Å². The van der Waals surface area contributed by atoms with E-state index in [0.29, 0.717) is 12.1 Å². The predicted octanol–water partition coefficient (Wildman–Crippen LogP) is 0.219. The van der Waals surface area contributed by atoms with E-state index in [0.717, 1.165) is 26.4 Å². The monoisotopic (exact) mass is 460 g/mol. The van der Waals surface area contributed by atoms with Crippen molar-refractivity contribution in [3.8, 4) is 0 Å². The predicted molar refractivity (Wildman–Crippen MR) is 82.6 cm³/mol. The summed E-state index contributed by atoms with van der Waals surface area (Å²) >= 11 is 0. The van der Waals surface area contributed by atoms with Gasteiger partial charge in [-0.05, 0) is 24.3 Å². The number of hydrogen-bond donors (Lipinski definition) is 0. The SMILES string of the molecule is COC(=O)c1cc(S(=O)(=O)[O-])c2cc(C(=O)OC)cc(S(=O)(=O)[O-])c2c1.[Ni+2]. The second-order valence-corrected chi connectivity index (χ2v) is 7.63. The molecule has 0 amide bonds. The number of fused-ring (bicyclic) bond motifs is 1. The first kappa shape index (κ1) is 23.0. The topological polar surface area (TPSA) is 167 Å². The zero-order chi connectivity index (χ0) is 19.9. The van der Waals surface area contributed by atoms with Crippen LogP contribution in [0.3, 0.4) is 0 Å². The molecule has 0 spiro atoms. The average Bonchev–Trinajstić information content (AvgIpc) is 2.56. The molecule has 148 valence electrons. The third-order valence-electron chi connectivity index (χ3n) is 3.37. The van der Waals surface area contributed by atoms with Gasteiger partial charge in [0.25, 0.3) is 0 Å². The second-order valence-electron chi connectivity index (χ2n) is 4.94. The Morgan fingerprint density at radius 2 is 1.04 bits per heavy atom. The summed E-state index contributed by atoms with van der Waals surface area (Å²) in [6.45, 7) is 0. The van der Waals surface area contributed by atoms with E-state index in [1.54, 1.807) is 0 Å². The van der Waals surface area contributed by atoms with Gasteiger partial charge in [-0.2, -0.15) is 0 Å². The van der Waals surface area contributed by atoms with Gasteiger partial charge in [0.2, 0.25) is 0 Å². The first-order valence-corrected chi connectivity index (χ1v) is 9.42. The minimum atomic E-state index is -5.21. The summed E-state index contributed by atoms with van der Waals surface area (Å²) < 4.78 is 78.3. The molecule has 0 aliphatic rings. The van der Waals surface area contributed by atoms with Gasteiger partial charge in [0.1, 0.15) is 20.2 Å². The molecule has 0 bridgehead atoms. The molecule has 0 fully saturated rings. The van der Waals surface area contributed by atoms with Crippen LogP contribution in [0.4, 0.5) is 0 Å². The van der Waals surface area contributed by atoms with Crippen LogP contribution in [0.15, 0.2) is 34.1 Å². The van der Waals surface area contributed by atoms with Crippen LogP contribution in [0.25, 0.3) is 10.8 Å². The quantitative estimate of drug-likeness (QED) is 0.349. The molecule has 0 aliphatic heterocycles. The summed E-state index contributed by atoms with van der Waals surface area (Å²) in [6.07, 6.45) is 0. The summed E-state index contributed by atoms with van der Waals surface area (Å²) in [6, 6.07) is 3.08. The van der Waals surface area contributed by atoms with Crippen LogP contribution in [-0.2, 0) is 46.2 Å². The second kappa shape index (κ2) is 7.91. The number of rotatable bonds is 4. The van der Waals surface area contributed by atoms with E-state index in [4.69, 9.17) is 0 Å². The van der Waals surface area contributed by atoms with Gasteiger partial charge in [-0.15, -0.1) is 0 Å². The molecular formula is C14H10NiO10S2. The summed E-state index contributed by atoms with van der Waals surface area (Å²) in [5, 5.41) is -1.05. The number of ether oxygens (including phenoxy) is 2. The Morgan fingerprint density at radius 3 is 1.26 bits per heavy atom. The largest absolute Gasteiger partial charge is 2.00 e. The van der Waals surface area contributed by atoms with Crippen LogP contribution in [0, 0.1) is 0 Å². The third kappa shape index (κ3) is 4.63.